The number of allylic oxidation sites excluding steroid dienone is 1. The molecule has 6 atom stereocenters. The lowest BCUT2D eigenvalue weighted by atomic mass is 9.55. The van der Waals surface area contributed by atoms with E-state index in [1.165, 1.54) is 0 Å². The van der Waals surface area contributed by atoms with Crippen LogP contribution >= 0.6 is 0 Å². The second-order valence-electron chi connectivity index (χ2n) is 14.6. The van der Waals surface area contributed by atoms with Gasteiger partial charge in [-0.3, -0.25) is 0 Å². The van der Waals surface area contributed by atoms with Gasteiger partial charge in [0.1, 0.15) is 30.8 Å². The zero-order chi connectivity index (χ0) is 38.0. The molecule has 0 saturated heterocycles. The Kier molecular flexibility index (Phi) is 12.6. The first-order chi connectivity index (χ1) is 27.1. The molecule has 1 saturated carbocycles. The van der Waals surface area contributed by atoms with E-state index in [0.29, 0.717) is 26.1 Å². The van der Waals surface area contributed by atoms with Crippen LogP contribution < -0.4 is 9.47 Å². The Bertz CT molecular complexity index is 1940. The quantitative estimate of drug-likeness (QED) is 0.0560. The molecule has 1 aliphatic heterocycles. The van der Waals surface area contributed by atoms with E-state index < -0.39 is 11.8 Å². The fourth-order valence-electron chi connectivity index (χ4n) is 8.87. The van der Waals surface area contributed by atoms with Gasteiger partial charge in [-0.05, 0) is 66.9 Å². The molecule has 1 fully saturated rings. The molecular weight excluding hydrogens is 693 g/mol. The summed E-state index contributed by atoms with van der Waals surface area (Å²) in [6.07, 6.45) is 13.0. The molecule has 10 nitrogen and oxygen atoms in total. The minimum absolute atomic E-state index is 0.0931. The van der Waals surface area contributed by atoms with Crippen LogP contribution in [0.1, 0.15) is 68.0 Å². The number of rotatable bonds is 19. The molecule has 2 N–H and O–H groups in total. The van der Waals surface area contributed by atoms with Crippen LogP contribution in [0.4, 0.5) is 0 Å². The topological polar surface area (TPSA) is 120 Å². The first kappa shape index (κ1) is 38.3. The van der Waals surface area contributed by atoms with Crippen molar-refractivity contribution in [1.82, 2.24) is 15.0 Å². The monoisotopic (exact) mass is 744 g/mol. The van der Waals surface area contributed by atoms with E-state index in [1.807, 2.05) is 65.3 Å². The van der Waals surface area contributed by atoms with Crippen LogP contribution in [0.5, 0.6) is 11.5 Å². The molecule has 7 rings (SSSR count). The van der Waals surface area contributed by atoms with Crippen LogP contribution in [0.2, 0.25) is 0 Å². The molecule has 288 valence electrons. The van der Waals surface area contributed by atoms with E-state index in [4.69, 9.17) is 29.4 Å². The molecular formula is C45H52N4O6. The maximum Gasteiger partial charge on any atom is 0.241 e. The predicted molar refractivity (Wildman–Crippen MR) is 213 cm³/mol. The van der Waals surface area contributed by atoms with E-state index in [0.717, 1.165) is 77.3 Å². The lowest BCUT2D eigenvalue weighted by Gasteiger charge is -2.58. The Morgan fingerprint density at radius 3 is 2.40 bits per heavy atom. The van der Waals surface area contributed by atoms with Crippen LogP contribution in [0.3, 0.4) is 0 Å². The SMILES string of the molecule is C=CCOc1ccc2c(c1)C1C(CCCCO)C(CCCCO)C=C3C(=NOCc4ccccc4)CC(n4nncc4-c4ccccc4)C(OCC=C)(O2)C31. The standard InChI is InChI=1S/C45H52N4O6/c1-3-25-52-35-21-22-41-38(28-35)43-36(20-12-14-24-51)34(19-11-13-23-50)27-37-39(47-54-31-32-15-7-5-8-16-32)29-42(45(55-41,44(37)43)53-26-4-2)49-40(30-46-48-49)33-17-9-6-10-18-33/h3-10,15-18,21-22,27-28,30,34,36,42-44,50-51H,1-2,11-14,19-20,23-26,29,31H2. The highest BCUT2D eigenvalue weighted by atomic mass is 16.7. The Balaban J connectivity index is 1.45. The van der Waals surface area contributed by atoms with Crippen LogP contribution in [-0.4, -0.2) is 63.1 Å². The van der Waals surface area contributed by atoms with Crippen molar-refractivity contribution in [2.24, 2.45) is 22.9 Å². The van der Waals surface area contributed by atoms with Crippen molar-refractivity contribution in [2.75, 3.05) is 26.4 Å². The summed E-state index contributed by atoms with van der Waals surface area (Å²) in [6.45, 7) is 9.13. The zero-order valence-corrected chi connectivity index (χ0v) is 31.4. The lowest BCUT2D eigenvalue weighted by Crippen LogP contribution is -2.63. The number of unbranched alkanes of at least 4 members (excludes halogenated alkanes) is 2. The molecule has 2 heterocycles. The van der Waals surface area contributed by atoms with Gasteiger partial charge in [-0.2, -0.15) is 0 Å². The van der Waals surface area contributed by atoms with Crippen molar-refractivity contribution in [3.63, 3.8) is 0 Å². The Morgan fingerprint density at radius 1 is 0.909 bits per heavy atom. The van der Waals surface area contributed by atoms with Crippen molar-refractivity contribution >= 4 is 5.71 Å². The number of aliphatic hydroxyl groups is 2. The molecule has 4 aromatic rings. The van der Waals surface area contributed by atoms with Crippen molar-refractivity contribution in [3.05, 3.63) is 133 Å². The summed E-state index contributed by atoms with van der Waals surface area (Å²) in [5.74, 6) is 0.0898. The third-order valence-electron chi connectivity index (χ3n) is 11.2. The normalized spacial score (nSPS) is 24.6. The third-order valence-corrected chi connectivity index (χ3v) is 11.2. The van der Waals surface area contributed by atoms with Gasteiger partial charge in [-0.15, -0.1) is 11.7 Å². The van der Waals surface area contributed by atoms with Gasteiger partial charge in [-0.25, -0.2) is 4.68 Å². The van der Waals surface area contributed by atoms with E-state index in [1.54, 1.807) is 18.3 Å². The number of nitrogens with zero attached hydrogens (tertiary/aromatic N) is 4. The number of ether oxygens (including phenoxy) is 3. The Morgan fingerprint density at radius 2 is 1.65 bits per heavy atom. The molecule has 0 bridgehead atoms. The summed E-state index contributed by atoms with van der Waals surface area (Å²) < 4.78 is 22.5. The average molecular weight is 745 g/mol. The van der Waals surface area contributed by atoms with Gasteiger partial charge in [0.25, 0.3) is 0 Å². The summed E-state index contributed by atoms with van der Waals surface area (Å²) in [4.78, 5) is 6.21. The zero-order valence-electron chi connectivity index (χ0n) is 31.4. The first-order valence-electron chi connectivity index (χ1n) is 19.6. The molecule has 2 aliphatic carbocycles. The number of aromatic nitrogens is 3. The predicted octanol–water partition coefficient (Wildman–Crippen LogP) is 8.22. The maximum atomic E-state index is 9.91. The fraction of sp³-hybridized carbons (Fsp3) is 0.400. The summed E-state index contributed by atoms with van der Waals surface area (Å²) >= 11 is 0. The third kappa shape index (κ3) is 8.03. The van der Waals surface area contributed by atoms with Crippen molar-refractivity contribution in [1.29, 1.82) is 0 Å². The van der Waals surface area contributed by atoms with Gasteiger partial charge in [0.2, 0.25) is 5.79 Å². The van der Waals surface area contributed by atoms with Gasteiger partial charge in [0, 0.05) is 36.7 Å². The Hall–Kier alpha value is -5.03. The molecule has 3 aliphatic rings. The van der Waals surface area contributed by atoms with Gasteiger partial charge in [0.05, 0.1) is 30.1 Å². The van der Waals surface area contributed by atoms with E-state index >= 15 is 0 Å². The highest BCUT2D eigenvalue weighted by molar-refractivity contribution is 6.02. The van der Waals surface area contributed by atoms with Gasteiger partial charge in [-0.1, -0.05) is 109 Å². The van der Waals surface area contributed by atoms with E-state index in [9.17, 15) is 10.2 Å². The maximum absolute atomic E-state index is 9.91. The molecule has 1 aromatic heterocycles. The largest absolute Gasteiger partial charge is 0.490 e. The molecule has 10 heteroatoms. The second-order valence-corrected chi connectivity index (χ2v) is 14.6. The van der Waals surface area contributed by atoms with Crippen LogP contribution in [0.15, 0.2) is 127 Å². The number of hydrogen-bond acceptors (Lipinski definition) is 9. The molecule has 3 aromatic carbocycles. The smallest absolute Gasteiger partial charge is 0.241 e. The molecule has 55 heavy (non-hydrogen) atoms. The molecule has 0 radical (unpaired) electrons. The summed E-state index contributed by atoms with van der Waals surface area (Å²) in [5.41, 5.74) is 5.72. The molecule has 6 unspecified atom stereocenters. The average Bonchev–Trinajstić information content (AvgIpc) is 3.71. The van der Waals surface area contributed by atoms with E-state index in [2.05, 4.69) is 42.5 Å². The lowest BCUT2D eigenvalue weighted by molar-refractivity contribution is -0.252. The summed E-state index contributed by atoms with van der Waals surface area (Å²) in [7, 11) is 0. The van der Waals surface area contributed by atoms with Crippen molar-refractivity contribution in [3.8, 4) is 22.8 Å². The Labute approximate surface area is 323 Å². The highest BCUT2D eigenvalue weighted by Gasteiger charge is 2.65. The molecule has 0 spiro atoms. The summed E-state index contributed by atoms with van der Waals surface area (Å²) in [6, 6.07) is 25.7. The van der Waals surface area contributed by atoms with Crippen LogP contribution in [0, 0.1) is 17.8 Å². The van der Waals surface area contributed by atoms with Crippen LogP contribution in [-0.2, 0) is 16.2 Å². The van der Waals surface area contributed by atoms with Crippen molar-refractivity contribution < 1.29 is 29.3 Å². The van der Waals surface area contributed by atoms with Crippen molar-refractivity contribution in [2.45, 2.75) is 69.3 Å². The number of benzene rings is 3. The number of fused-ring (bicyclic) bond motifs is 2. The van der Waals surface area contributed by atoms with Gasteiger partial charge < -0.3 is 29.3 Å². The molecule has 0 amide bonds. The first-order valence-corrected chi connectivity index (χ1v) is 19.6. The minimum atomic E-state index is -1.25. The van der Waals surface area contributed by atoms with Crippen LogP contribution in [0.25, 0.3) is 11.3 Å². The summed E-state index contributed by atoms with van der Waals surface area (Å²) in [5, 5.41) is 33.9. The van der Waals surface area contributed by atoms with Gasteiger partial charge >= 0.3 is 0 Å². The minimum Gasteiger partial charge on any atom is -0.490 e. The second kappa shape index (κ2) is 18.1. The number of aliphatic hydroxyl groups excluding tert-OH is 2. The van der Waals surface area contributed by atoms with Gasteiger partial charge in [0.15, 0.2) is 0 Å². The highest BCUT2D eigenvalue weighted by Crippen LogP contribution is 2.63. The fourth-order valence-corrected chi connectivity index (χ4v) is 8.87. The number of hydrogen-bond donors (Lipinski definition) is 2. The van der Waals surface area contributed by atoms with E-state index in [-0.39, 0.29) is 43.5 Å². The number of oxime groups is 1.